The minimum Gasteiger partial charge on any atom is -0.368 e. The maximum Gasteiger partial charge on any atom is 0.129 e. The Morgan fingerprint density at radius 3 is 2.10 bits per heavy atom. The summed E-state index contributed by atoms with van der Waals surface area (Å²) in [5, 5.41) is 3.54. The molecular formula is C19H23NSi. The van der Waals surface area contributed by atoms with Gasteiger partial charge in [0.2, 0.25) is 0 Å². The number of hydrogen-bond donors (Lipinski definition) is 1. The van der Waals surface area contributed by atoms with Gasteiger partial charge in [-0.25, -0.2) is 0 Å². The second-order valence-electron chi connectivity index (χ2n) is 6.37. The lowest BCUT2D eigenvalue weighted by molar-refractivity contribution is 1.02. The van der Waals surface area contributed by atoms with Gasteiger partial charge in [-0.1, -0.05) is 73.6 Å². The van der Waals surface area contributed by atoms with Crippen molar-refractivity contribution in [2.75, 3.05) is 5.32 Å². The van der Waals surface area contributed by atoms with Crippen molar-refractivity contribution >= 4 is 13.8 Å². The lowest BCUT2D eigenvalue weighted by atomic mass is 10.1. The van der Waals surface area contributed by atoms with Crippen LogP contribution in [-0.4, -0.2) is 8.07 Å². The van der Waals surface area contributed by atoms with Gasteiger partial charge in [0.1, 0.15) is 14.1 Å². The number of anilines is 1. The summed E-state index contributed by atoms with van der Waals surface area (Å²) in [5.74, 6) is 3.44. The highest BCUT2D eigenvalue weighted by atomic mass is 28.3. The molecule has 0 aromatic heterocycles. The molecule has 0 spiro atoms. The Balaban J connectivity index is 2.29. The third-order valence-electron chi connectivity index (χ3n) is 3.09. The number of rotatable bonds is 3. The van der Waals surface area contributed by atoms with E-state index in [2.05, 4.69) is 79.7 Å². The van der Waals surface area contributed by atoms with E-state index < -0.39 is 8.07 Å². The Labute approximate surface area is 129 Å². The molecule has 108 valence electrons. The van der Waals surface area contributed by atoms with E-state index in [9.17, 15) is 0 Å². The third kappa shape index (κ3) is 5.13. The Bertz CT molecular complexity index is 627. The van der Waals surface area contributed by atoms with Crippen LogP contribution in [0.3, 0.4) is 0 Å². The maximum absolute atomic E-state index is 3.54. The van der Waals surface area contributed by atoms with Gasteiger partial charge in [-0.3, -0.25) is 0 Å². The normalized spacial score (nSPS) is 12.2. The largest absolute Gasteiger partial charge is 0.368 e. The van der Waals surface area contributed by atoms with Crippen molar-refractivity contribution in [1.29, 1.82) is 0 Å². The minimum atomic E-state index is -1.38. The van der Waals surface area contributed by atoms with Crippen LogP contribution in [0.15, 0.2) is 54.6 Å². The van der Waals surface area contributed by atoms with Crippen LogP contribution in [0.25, 0.3) is 0 Å². The van der Waals surface area contributed by atoms with Gasteiger partial charge < -0.3 is 5.32 Å². The standard InChI is InChI=1S/C19H23NSi/c1-16-10-12-17(13-11-16)19(14-15-21(2,3)4)20-18-8-6-5-7-9-18/h5-13,19-20H,1-4H3/t19-/m0/s1. The molecule has 0 saturated carbocycles. The highest BCUT2D eigenvalue weighted by Gasteiger charge is 2.11. The van der Waals surface area contributed by atoms with Crippen LogP contribution >= 0.6 is 0 Å². The monoisotopic (exact) mass is 293 g/mol. The molecular weight excluding hydrogens is 270 g/mol. The molecule has 21 heavy (non-hydrogen) atoms. The van der Waals surface area contributed by atoms with Crippen LogP contribution in [0.1, 0.15) is 17.2 Å². The summed E-state index contributed by atoms with van der Waals surface area (Å²) in [5.41, 5.74) is 7.08. The Hall–Kier alpha value is -1.98. The van der Waals surface area contributed by atoms with E-state index in [0.717, 1.165) is 5.69 Å². The zero-order valence-electron chi connectivity index (χ0n) is 13.3. The number of nitrogens with one attached hydrogen (secondary N) is 1. The molecule has 0 aliphatic heterocycles. The molecule has 2 heteroatoms. The van der Waals surface area contributed by atoms with Gasteiger partial charge in [-0.05, 0) is 24.6 Å². The first-order valence-corrected chi connectivity index (χ1v) is 10.8. The minimum absolute atomic E-state index is 0.0414. The van der Waals surface area contributed by atoms with E-state index in [-0.39, 0.29) is 6.04 Å². The van der Waals surface area contributed by atoms with Gasteiger partial charge in [0.25, 0.3) is 0 Å². The molecule has 0 bridgehead atoms. The SMILES string of the molecule is Cc1ccc([C@H](C#C[Si](C)(C)C)Nc2ccccc2)cc1. The molecule has 1 N–H and O–H groups in total. The molecule has 0 amide bonds. The average Bonchev–Trinajstić information content (AvgIpc) is 2.45. The van der Waals surface area contributed by atoms with Gasteiger partial charge in [0, 0.05) is 5.69 Å². The zero-order valence-corrected chi connectivity index (χ0v) is 14.3. The van der Waals surface area contributed by atoms with Crippen LogP contribution in [0, 0.1) is 18.4 Å². The van der Waals surface area contributed by atoms with Crippen LogP contribution in [-0.2, 0) is 0 Å². The Kier molecular flexibility index (Phi) is 4.88. The Morgan fingerprint density at radius 2 is 1.52 bits per heavy atom. The van der Waals surface area contributed by atoms with Crippen LogP contribution in [0.5, 0.6) is 0 Å². The second kappa shape index (κ2) is 6.65. The van der Waals surface area contributed by atoms with E-state index >= 15 is 0 Å². The van der Waals surface area contributed by atoms with E-state index in [0.29, 0.717) is 0 Å². The molecule has 0 saturated heterocycles. The van der Waals surface area contributed by atoms with Crippen molar-refractivity contribution in [1.82, 2.24) is 0 Å². The lowest BCUT2D eigenvalue weighted by Crippen LogP contribution is -2.18. The smallest absolute Gasteiger partial charge is 0.129 e. The summed E-state index contributed by atoms with van der Waals surface area (Å²) in [6.07, 6.45) is 0. The van der Waals surface area contributed by atoms with Crippen LogP contribution in [0.2, 0.25) is 19.6 Å². The molecule has 1 nitrogen and oxygen atoms in total. The second-order valence-corrected chi connectivity index (χ2v) is 11.1. The molecule has 0 heterocycles. The predicted octanol–water partition coefficient (Wildman–Crippen LogP) is 5.03. The first-order valence-electron chi connectivity index (χ1n) is 7.35. The first kappa shape index (κ1) is 15.4. The summed E-state index contributed by atoms with van der Waals surface area (Å²) in [6, 6.07) is 18.9. The van der Waals surface area contributed by atoms with E-state index in [1.54, 1.807) is 0 Å². The van der Waals surface area contributed by atoms with Crippen molar-refractivity contribution in [3.05, 3.63) is 65.7 Å². The molecule has 0 fully saturated rings. The number of aryl methyl sites for hydroxylation is 1. The van der Waals surface area contributed by atoms with Crippen molar-refractivity contribution in [2.24, 2.45) is 0 Å². The van der Waals surface area contributed by atoms with Crippen molar-refractivity contribution < 1.29 is 0 Å². The molecule has 0 aliphatic rings. The number of hydrogen-bond acceptors (Lipinski definition) is 1. The fourth-order valence-corrected chi connectivity index (χ4v) is 2.53. The van der Waals surface area contributed by atoms with E-state index in [1.165, 1.54) is 11.1 Å². The first-order chi connectivity index (χ1) is 9.94. The molecule has 0 radical (unpaired) electrons. The Morgan fingerprint density at radius 1 is 0.905 bits per heavy atom. The highest BCUT2D eigenvalue weighted by Crippen LogP contribution is 2.19. The quantitative estimate of drug-likeness (QED) is 0.618. The fraction of sp³-hybridized carbons (Fsp3) is 0.263. The van der Waals surface area contributed by atoms with Gasteiger partial charge in [0.15, 0.2) is 0 Å². The summed E-state index contributed by atoms with van der Waals surface area (Å²) in [4.78, 5) is 0. The van der Waals surface area contributed by atoms with E-state index in [1.807, 2.05) is 18.2 Å². The summed E-state index contributed by atoms with van der Waals surface area (Å²) < 4.78 is 0. The number of benzene rings is 2. The molecule has 0 unspecified atom stereocenters. The van der Waals surface area contributed by atoms with Crippen LogP contribution in [0.4, 0.5) is 5.69 Å². The van der Waals surface area contributed by atoms with Crippen molar-refractivity contribution in [2.45, 2.75) is 32.6 Å². The summed E-state index contributed by atoms with van der Waals surface area (Å²) >= 11 is 0. The van der Waals surface area contributed by atoms with E-state index in [4.69, 9.17) is 0 Å². The van der Waals surface area contributed by atoms with Gasteiger partial charge in [-0.2, -0.15) is 0 Å². The average molecular weight is 293 g/mol. The molecule has 2 rings (SSSR count). The predicted molar refractivity (Wildman–Crippen MR) is 95.1 cm³/mol. The summed E-state index contributed by atoms with van der Waals surface area (Å²) in [7, 11) is -1.38. The lowest BCUT2D eigenvalue weighted by Gasteiger charge is -2.16. The molecule has 1 atom stereocenters. The molecule has 2 aromatic rings. The van der Waals surface area contributed by atoms with Gasteiger partial charge >= 0.3 is 0 Å². The highest BCUT2D eigenvalue weighted by molar-refractivity contribution is 6.83. The van der Waals surface area contributed by atoms with Crippen molar-refractivity contribution in [3.8, 4) is 11.5 Å². The molecule has 0 aliphatic carbocycles. The third-order valence-corrected chi connectivity index (χ3v) is 3.98. The molecule has 2 aromatic carbocycles. The number of para-hydroxylation sites is 1. The zero-order chi connectivity index (χ0) is 15.3. The van der Waals surface area contributed by atoms with Gasteiger partial charge in [-0.15, -0.1) is 5.54 Å². The topological polar surface area (TPSA) is 12.0 Å². The summed E-state index contributed by atoms with van der Waals surface area (Å²) in [6.45, 7) is 8.93. The maximum atomic E-state index is 3.54. The fourth-order valence-electron chi connectivity index (χ4n) is 1.95. The van der Waals surface area contributed by atoms with Crippen LogP contribution < -0.4 is 5.32 Å². The van der Waals surface area contributed by atoms with Crippen molar-refractivity contribution in [3.63, 3.8) is 0 Å². The van der Waals surface area contributed by atoms with Gasteiger partial charge in [0.05, 0.1) is 0 Å².